The van der Waals surface area contributed by atoms with Gasteiger partial charge in [0, 0.05) is 21.3 Å². The van der Waals surface area contributed by atoms with Crippen LogP contribution in [-0.2, 0) is 0 Å². The Balaban J connectivity index is 1.65. The highest BCUT2D eigenvalue weighted by Gasteiger charge is 2.41. The Morgan fingerprint density at radius 2 is 2.05 bits per heavy atom. The molecule has 2 bridgehead atoms. The fourth-order valence-corrected chi connectivity index (χ4v) is 5.31. The van der Waals surface area contributed by atoms with Crippen molar-refractivity contribution in [2.75, 3.05) is 0 Å². The average Bonchev–Trinajstić information content (AvgIpc) is 3.15. The van der Waals surface area contributed by atoms with Gasteiger partial charge < -0.3 is 0 Å². The van der Waals surface area contributed by atoms with Crippen LogP contribution in [0.2, 0.25) is 0 Å². The van der Waals surface area contributed by atoms with Crippen LogP contribution in [0.15, 0.2) is 34.1 Å². The summed E-state index contributed by atoms with van der Waals surface area (Å²) in [6, 6.07) is 8.36. The Kier molecular flexibility index (Phi) is 3.00. The monoisotopic (exact) mass is 333 g/mol. The number of hydrogen-bond donors (Lipinski definition) is 0. The van der Waals surface area contributed by atoms with Crippen LogP contribution in [0.25, 0.3) is 11.3 Å². The molecule has 2 saturated carbocycles. The van der Waals surface area contributed by atoms with E-state index in [2.05, 4.69) is 45.6 Å². The maximum Gasteiger partial charge on any atom is 0.0966 e. The zero-order valence-electron chi connectivity index (χ0n) is 10.7. The van der Waals surface area contributed by atoms with Crippen molar-refractivity contribution >= 4 is 27.3 Å². The van der Waals surface area contributed by atoms with Gasteiger partial charge in [0.15, 0.2) is 0 Å². The summed E-state index contributed by atoms with van der Waals surface area (Å²) in [7, 11) is 0. The second-order valence-electron chi connectivity index (χ2n) is 5.83. The second kappa shape index (κ2) is 4.71. The number of halogens is 1. The fraction of sp³-hybridized carbons (Fsp3) is 0.438. The number of thiazole rings is 1. The number of benzene rings is 1. The first kappa shape index (κ1) is 12.1. The van der Waals surface area contributed by atoms with Crippen molar-refractivity contribution in [1.29, 1.82) is 0 Å². The van der Waals surface area contributed by atoms with Gasteiger partial charge in [-0.1, -0.05) is 40.5 Å². The highest BCUT2D eigenvalue weighted by Crippen LogP contribution is 2.53. The molecule has 1 nitrogen and oxygen atoms in total. The number of rotatable bonds is 2. The normalized spacial score (nSPS) is 29.0. The number of nitrogens with zero attached hydrogens (tertiary/aromatic N) is 1. The van der Waals surface area contributed by atoms with Gasteiger partial charge in [0.25, 0.3) is 0 Å². The molecule has 2 aliphatic carbocycles. The highest BCUT2D eigenvalue weighted by atomic mass is 79.9. The van der Waals surface area contributed by atoms with Crippen molar-refractivity contribution < 1.29 is 0 Å². The summed E-state index contributed by atoms with van der Waals surface area (Å²) in [5.74, 6) is 2.66. The Labute approximate surface area is 126 Å². The van der Waals surface area contributed by atoms with Crippen LogP contribution < -0.4 is 0 Å². The van der Waals surface area contributed by atoms with Crippen molar-refractivity contribution in [2.45, 2.75) is 31.6 Å². The third kappa shape index (κ3) is 2.07. The van der Waals surface area contributed by atoms with Crippen molar-refractivity contribution in [2.24, 2.45) is 11.8 Å². The average molecular weight is 334 g/mol. The van der Waals surface area contributed by atoms with Gasteiger partial charge in [0.2, 0.25) is 0 Å². The van der Waals surface area contributed by atoms with E-state index in [1.807, 2.05) is 11.3 Å². The van der Waals surface area contributed by atoms with Gasteiger partial charge in [-0.2, -0.15) is 0 Å². The lowest BCUT2D eigenvalue weighted by Crippen LogP contribution is -2.07. The minimum atomic E-state index is 0.750. The molecule has 3 heteroatoms. The summed E-state index contributed by atoms with van der Waals surface area (Å²) in [5.41, 5.74) is 2.35. The minimum absolute atomic E-state index is 0.750. The predicted octanol–water partition coefficient (Wildman–Crippen LogP) is 5.48. The van der Waals surface area contributed by atoms with E-state index in [1.54, 1.807) is 0 Å². The summed E-state index contributed by atoms with van der Waals surface area (Å²) in [6.45, 7) is 0. The first-order valence-corrected chi connectivity index (χ1v) is 8.69. The Morgan fingerprint density at radius 3 is 2.79 bits per heavy atom. The van der Waals surface area contributed by atoms with Crippen molar-refractivity contribution in [3.63, 3.8) is 0 Å². The summed E-state index contributed by atoms with van der Waals surface area (Å²) >= 11 is 5.48. The zero-order valence-corrected chi connectivity index (χ0v) is 13.1. The molecule has 1 heterocycles. The molecule has 1 aromatic heterocycles. The van der Waals surface area contributed by atoms with Gasteiger partial charge in [0.1, 0.15) is 0 Å². The minimum Gasteiger partial charge on any atom is -0.241 e. The summed E-state index contributed by atoms with van der Waals surface area (Å²) in [4.78, 5) is 4.93. The highest BCUT2D eigenvalue weighted by molar-refractivity contribution is 9.10. The van der Waals surface area contributed by atoms with Crippen LogP contribution >= 0.6 is 27.3 Å². The summed E-state index contributed by atoms with van der Waals surface area (Å²) < 4.78 is 1.14. The molecule has 2 aromatic rings. The molecule has 0 amide bonds. The number of aromatic nitrogens is 1. The molecular weight excluding hydrogens is 318 g/mol. The van der Waals surface area contributed by atoms with E-state index in [4.69, 9.17) is 4.98 Å². The maximum absolute atomic E-state index is 4.93. The van der Waals surface area contributed by atoms with E-state index in [9.17, 15) is 0 Å². The van der Waals surface area contributed by atoms with Crippen LogP contribution in [0, 0.1) is 11.8 Å². The second-order valence-corrected chi connectivity index (χ2v) is 7.58. The molecule has 98 valence electrons. The topological polar surface area (TPSA) is 12.9 Å². The maximum atomic E-state index is 4.93. The third-order valence-electron chi connectivity index (χ3n) is 4.73. The first-order valence-electron chi connectivity index (χ1n) is 7.01. The summed E-state index contributed by atoms with van der Waals surface area (Å²) in [5, 5.41) is 3.60. The SMILES string of the molecule is Brc1ccccc1-c1csc(C2CC3CCC2C3)n1. The molecule has 3 atom stereocenters. The van der Waals surface area contributed by atoms with Gasteiger partial charge >= 0.3 is 0 Å². The lowest BCUT2D eigenvalue weighted by molar-refractivity contribution is 0.419. The van der Waals surface area contributed by atoms with E-state index in [-0.39, 0.29) is 0 Å². The lowest BCUT2D eigenvalue weighted by atomic mass is 9.89. The molecule has 4 rings (SSSR count). The zero-order chi connectivity index (χ0) is 12.8. The van der Waals surface area contributed by atoms with Crippen LogP contribution in [0.4, 0.5) is 0 Å². The smallest absolute Gasteiger partial charge is 0.0966 e. The van der Waals surface area contributed by atoms with Crippen LogP contribution in [0.1, 0.15) is 36.6 Å². The molecule has 0 spiro atoms. The molecule has 3 unspecified atom stereocenters. The van der Waals surface area contributed by atoms with E-state index in [1.165, 1.54) is 36.3 Å². The van der Waals surface area contributed by atoms with Gasteiger partial charge in [-0.25, -0.2) is 4.98 Å². The van der Waals surface area contributed by atoms with E-state index in [0.717, 1.165) is 27.9 Å². The third-order valence-corrected chi connectivity index (χ3v) is 6.40. The molecule has 19 heavy (non-hydrogen) atoms. The standard InChI is InChI=1S/C16H16BrNS/c17-14-4-2-1-3-12(14)15-9-19-16(18-15)13-8-10-5-6-11(13)7-10/h1-4,9-11,13H,5-8H2. The molecule has 1 aromatic carbocycles. The van der Waals surface area contributed by atoms with E-state index in [0.29, 0.717) is 0 Å². The Morgan fingerprint density at radius 1 is 1.16 bits per heavy atom. The largest absolute Gasteiger partial charge is 0.241 e. The van der Waals surface area contributed by atoms with Crippen molar-refractivity contribution in [3.8, 4) is 11.3 Å². The molecule has 0 radical (unpaired) electrons. The van der Waals surface area contributed by atoms with Crippen LogP contribution in [-0.4, -0.2) is 4.98 Å². The molecule has 2 fully saturated rings. The van der Waals surface area contributed by atoms with Gasteiger partial charge in [-0.3, -0.25) is 0 Å². The molecule has 2 aliphatic rings. The van der Waals surface area contributed by atoms with Crippen LogP contribution in [0.3, 0.4) is 0 Å². The summed E-state index contributed by atoms with van der Waals surface area (Å²) in [6.07, 6.45) is 5.73. The molecule has 0 N–H and O–H groups in total. The van der Waals surface area contributed by atoms with Gasteiger partial charge in [0.05, 0.1) is 10.7 Å². The van der Waals surface area contributed by atoms with Crippen molar-refractivity contribution in [3.05, 3.63) is 39.1 Å². The van der Waals surface area contributed by atoms with Gasteiger partial charge in [-0.05, 0) is 37.2 Å². The van der Waals surface area contributed by atoms with E-state index >= 15 is 0 Å². The lowest BCUT2D eigenvalue weighted by Gasteiger charge is -2.18. The molecule has 0 saturated heterocycles. The quantitative estimate of drug-likeness (QED) is 0.709. The Bertz CT molecular complexity index is 606. The van der Waals surface area contributed by atoms with E-state index < -0.39 is 0 Å². The number of hydrogen-bond acceptors (Lipinski definition) is 2. The molecule has 0 aliphatic heterocycles. The number of fused-ring (bicyclic) bond motifs is 2. The predicted molar refractivity (Wildman–Crippen MR) is 83.4 cm³/mol. The van der Waals surface area contributed by atoms with Crippen molar-refractivity contribution in [1.82, 2.24) is 4.98 Å². The first-order chi connectivity index (χ1) is 9.31. The van der Waals surface area contributed by atoms with Crippen LogP contribution in [0.5, 0.6) is 0 Å². The fourth-order valence-electron chi connectivity index (χ4n) is 3.80. The van der Waals surface area contributed by atoms with Gasteiger partial charge in [-0.15, -0.1) is 11.3 Å². The molecular formula is C16H16BrNS. The Hall–Kier alpha value is -0.670.